The molecular weight excluding hydrogens is 785 g/mol. The van der Waals surface area contributed by atoms with Gasteiger partial charge in [0.15, 0.2) is 5.60 Å². The van der Waals surface area contributed by atoms with Crippen molar-refractivity contribution in [3.63, 3.8) is 0 Å². The fourth-order valence-corrected chi connectivity index (χ4v) is 7.83. The number of aryl methyl sites for hydroxylation is 1. The van der Waals surface area contributed by atoms with E-state index in [1.165, 1.54) is 24.4 Å². The molecule has 2 aromatic heterocycles. The van der Waals surface area contributed by atoms with Gasteiger partial charge in [0.2, 0.25) is 5.43 Å². The molecule has 1 saturated carbocycles. The van der Waals surface area contributed by atoms with E-state index in [0.717, 1.165) is 31.6 Å². The minimum atomic E-state index is -4.92. The number of ether oxygens (including phenoxy) is 1. The first-order valence-electron chi connectivity index (χ1n) is 18.9. The number of fused-ring (bicyclic) bond motifs is 3. The van der Waals surface area contributed by atoms with Crippen molar-refractivity contribution in [1.29, 1.82) is 0 Å². The molecule has 0 bridgehead atoms. The smallest absolute Gasteiger partial charge is 0.418 e. The second-order valence-electron chi connectivity index (χ2n) is 15.7. The number of hydrogen-bond donors (Lipinski definition) is 4. The summed E-state index contributed by atoms with van der Waals surface area (Å²) in [5.41, 5.74) is -1.31. The molecular formula is C42H45ClF5N5O5. The maximum absolute atomic E-state index is 14.6. The summed E-state index contributed by atoms with van der Waals surface area (Å²) in [6.45, 7) is 7.49. The van der Waals surface area contributed by atoms with E-state index in [1.54, 1.807) is 50.2 Å². The Labute approximate surface area is 337 Å². The number of carboxylic acids is 1. The first-order valence-corrected chi connectivity index (χ1v) is 18.9. The summed E-state index contributed by atoms with van der Waals surface area (Å²) in [6.07, 6.45) is -1.82. The Balaban J connectivity index is 0.000000201. The van der Waals surface area contributed by atoms with Crippen molar-refractivity contribution in [3.8, 4) is 5.75 Å². The van der Waals surface area contributed by atoms with E-state index in [-0.39, 0.29) is 29.4 Å². The van der Waals surface area contributed by atoms with Gasteiger partial charge in [0.25, 0.3) is 0 Å². The van der Waals surface area contributed by atoms with Crippen molar-refractivity contribution < 1.29 is 41.7 Å². The van der Waals surface area contributed by atoms with Gasteiger partial charge < -0.3 is 35.1 Å². The van der Waals surface area contributed by atoms with Gasteiger partial charge in [-0.15, -0.1) is 12.4 Å². The predicted octanol–water partition coefficient (Wildman–Crippen LogP) is 7.70. The lowest BCUT2D eigenvalue weighted by Crippen LogP contribution is -2.53. The van der Waals surface area contributed by atoms with Crippen molar-refractivity contribution in [3.05, 3.63) is 105 Å². The molecule has 1 unspecified atom stereocenters. The Kier molecular flexibility index (Phi) is 12.0. The number of nitrogens with zero attached hydrogens (tertiary/aromatic N) is 3. The molecule has 1 atom stereocenters. The van der Waals surface area contributed by atoms with Gasteiger partial charge in [0.1, 0.15) is 22.9 Å². The molecule has 1 saturated heterocycles. The van der Waals surface area contributed by atoms with Crippen LogP contribution in [0.2, 0.25) is 0 Å². The fourth-order valence-electron chi connectivity index (χ4n) is 7.83. The first-order chi connectivity index (χ1) is 27.0. The summed E-state index contributed by atoms with van der Waals surface area (Å²) in [5.74, 6) is -1.88. The number of aromatic nitrogens is 2. The molecule has 0 spiro atoms. The van der Waals surface area contributed by atoms with Crippen LogP contribution in [-0.4, -0.2) is 76.8 Å². The highest BCUT2D eigenvalue weighted by atomic mass is 35.5. The van der Waals surface area contributed by atoms with E-state index in [4.69, 9.17) is 4.74 Å². The summed E-state index contributed by atoms with van der Waals surface area (Å²) < 4.78 is 78.7. The third-order valence-electron chi connectivity index (χ3n) is 10.9. The Hall–Kier alpha value is -4.99. The average Bonchev–Trinajstić information content (AvgIpc) is 3.89. The number of alkyl halides is 3. The lowest BCUT2D eigenvalue weighted by Gasteiger charge is -2.38. The van der Waals surface area contributed by atoms with Crippen LogP contribution in [0.1, 0.15) is 66.3 Å². The molecule has 16 heteroatoms. The number of benzene rings is 3. The maximum Gasteiger partial charge on any atom is 0.418 e. The Morgan fingerprint density at radius 1 is 1.03 bits per heavy atom. The van der Waals surface area contributed by atoms with E-state index in [1.807, 2.05) is 16.4 Å². The van der Waals surface area contributed by atoms with Gasteiger partial charge in [-0.1, -0.05) is 19.9 Å². The Bertz CT molecular complexity index is 2420. The maximum atomic E-state index is 14.6. The molecule has 2 fully saturated rings. The predicted molar refractivity (Wildman–Crippen MR) is 215 cm³/mol. The number of aliphatic hydroxyl groups is 1. The average molecular weight is 830 g/mol. The van der Waals surface area contributed by atoms with Gasteiger partial charge in [-0.2, -0.15) is 13.2 Å². The number of hydrogen-bond acceptors (Lipinski definition) is 8. The first kappa shape index (κ1) is 42.6. The number of nitrogens with one attached hydrogen (secondary N) is 2. The molecule has 58 heavy (non-hydrogen) atoms. The van der Waals surface area contributed by atoms with Gasteiger partial charge >= 0.3 is 12.1 Å². The van der Waals surface area contributed by atoms with Gasteiger partial charge in [-0.25, -0.2) is 13.6 Å². The molecule has 10 nitrogen and oxygen atoms in total. The van der Waals surface area contributed by atoms with E-state index in [0.29, 0.717) is 70.8 Å². The van der Waals surface area contributed by atoms with Crippen molar-refractivity contribution in [2.45, 2.75) is 69.7 Å². The standard InChI is InChI=1S/C25H26F4N2O2.C17H18FN3O3.ClH/c1-15-7-8-18-20(5-4-6-21(18)31-15)30-14-24(32,25(27,28)29)13-23(2,3)19-12-17(26)11-16-9-10-33-22(16)19;18-13-7-11-14(8-15(13)20-5-3-19-4-6-20)21(10-1-2-10)9-12(16(11)22)17(23)24;/h4-8,11-12,30,32H,9-10,13-14H2,1-3H3;7-10,19H,1-6H2,(H,23,24);1H. The van der Waals surface area contributed by atoms with Gasteiger partial charge in [-0.3, -0.25) is 9.78 Å². The van der Waals surface area contributed by atoms with E-state index in [2.05, 4.69) is 15.6 Å². The number of aromatic carboxylic acids is 1. The number of halogens is 6. The van der Waals surface area contributed by atoms with Gasteiger partial charge in [0.05, 0.1) is 29.9 Å². The summed E-state index contributed by atoms with van der Waals surface area (Å²) in [5, 5.41) is 27.0. The Morgan fingerprint density at radius 3 is 2.43 bits per heavy atom. The van der Waals surface area contributed by atoms with Crippen molar-refractivity contribution >= 4 is 51.6 Å². The van der Waals surface area contributed by atoms with Gasteiger partial charge in [-0.05, 0) is 80.1 Å². The van der Waals surface area contributed by atoms with Crippen LogP contribution in [0.15, 0.2) is 65.6 Å². The summed E-state index contributed by atoms with van der Waals surface area (Å²) >= 11 is 0. The Morgan fingerprint density at radius 2 is 1.76 bits per heavy atom. The number of anilines is 2. The third kappa shape index (κ3) is 8.57. The van der Waals surface area contributed by atoms with E-state index >= 15 is 0 Å². The molecule has 3 aromatic carbocycles. The summed E-state index contributed by atoms with van der Waals surface area (Å²) in [4.78, 5) is 30.1. The van der Waals surface area contributed by atoms with E-state index in [9.17, 15) is 41.8 Å². The number of rotatable bonds is 9. The molecule has 2 aliphatic heterocycles. The lowest BCUT2D eigenvalue weighted by molar-refractivity contribution is -0.260. The fraction of sp³-hybridized carbons (Fsp3) is 0.405. The summed E-state index contributed by atoms with van der Waals surface area (Å²) in [6, 6.07) is 14.3. The van der Waals surface area contributed by atoms with Crippen LogP contribution < -0.4 is 25.7 Å². The molecule has 0 amide bonds. The molecule has 5 aromatic rings. The van der Waals surface area contributed by atoms with Crippen molar-refractivity contribution in [1.82, 2.24) is 14.9 Å². The highest BCUT2D eigenvalue weighted by Gasteiger charge is 2.56. The van der Waals surface area contributed by atoms with Crippen LogP contribution >= 0.6 is 12.4 Å². The number of piperazine rings is 1. The number of carbonyl (C=O) groups is 1. The molecule has 4 heterocycles. The second-order valence-corrected chi connectivity index (χ2v) is 15.7. The minimum absolute atomic E-state index is 0. The molecule has 0 radical (unpaired) electrons. The highest BCUT2D eigenvalue weighted by molar-refractivity contribution is 5.94. The topological polar surface area (TPSA) is 129 Å². The molecule has 4 N–H and O–H groups in total. The van der Waals surface area contributed by atoms with Crippen LogP contribution in [-0.2, 0) is 11.8 Å². The van der Waals surface area contributed by atoms with E-state index < -0.39 is 53.2 Å². The zero-order chi connectivity index (χ0) is 40.9. The quantitative estimate of drug-likeness (QED) is 0.111. The van der Waals surface area contributed by atoms with Crippen LogP contribution in [0, 0.1) is 18.6 Å². The van der Waals surface area contributed by atoms with Crippen molar-refractivity contribution in [2.75, 3.05) is 49.5 Å². The highest BCUT2D eigenvalue weighted by Crippen LogP contribution is 2.46. The third-order valence-corrected chi connectivity index (χ3v) is 10.9. The van der Waals surface area contributed by atoms with Crippen LogP contribution in [0.5, 0.6) is 5.75 Å². The molecule has 310 valence electrons. The van der Waals surface area contributed by atoms with Crippen LogP contribution in [0.4, 0.5) is 33.3 Å². The van der Waals surface area contributed by atoms with Gasteiger partial charge in [0, 0.05) is 78.1 Å². The lowest BCUT2D eigenvalue weighted by atomic mass is 9.74. The van der Waals surface area contributed by atoms with Crippen LogP contribution in [0.3, 0.4) is 0 Å². The van der Waals surface area contributed by atoms with Crippen LogP contribution in [0.25, 0.3) is 21.8 Å². The minimum Gasteiger partial charge on any atom is -0.493 e. The van der Waals surface area contributed by atoms with Crippen molar-refractivity contribution in [2.24, 2.45) is 0 Å². The zero-order valence-electron chi connectivity index (χ0n) is 32.2. The largest absolute Gasteiger partial charge is 0.493 e. The zero-order valence-corrected chi connectivity index (χ0v) is 33.0. The number of pyridine rings is 2. The SMILES string of the molecule is Cc1ccc2c(NCC(O)(CC(C)(C)c3cc(F)cc4c3OCC4)C(F)(F)F)cccc2n1.Cl.O=C(O)c1cn(C2CC2)c2cc(N3CCNCC3)c(F)cc2c1=O. The number of carboxylic acid groups (broad SMARTS) is 1. The normalized spacial score (nSPS) is 16.5. The monoisotopic (exact) mass is 829 g/mol. The second kappa shape index (κ2) is 16.3. The molecule has 8 rings (SSSR count). The molecule has 3 aliphatic rings. The summed E-state index contributed by atoms with van der Waals surface area (Å²) in [7, 11) is 0. The molecule has 1 aliphatic carbocycles.